The second-order valence-corrected chi connectivity index (χ2v) is 18.7. The Kier molecular flexibility index (Phi) is 10.8. The molecule has 0 aliphatic carbocycles. The molecule has 0 aliphatic heterocycles. The van der Waals surface area contributed by atoms with Crippen molar-refractivity contribution in [3.05, 3.63) is 74.0 Å². The largest absolute Gasteiger partial charge is 0.503 e. The van der Waals surface area contributed by atoms with Gasteiger partial charge >= 0.3 is 5.97 Å². The average molecular weight is 871 g/mol. The number of esters is 1. The third-order valence-electron chi connectivity index (χ3n) is 4.43. The fraction of sp³-hybridized carbons (Fsp3) is 0.273. The minimum Gasteiger partial charge on any atom is -0.503 e. The van der Waals surface area contributed by atoms with Crippen molar-refractivity contribution >= 4 is 108 Å². The van der Waals surface area contributed by atoms with Gasteiger partial charge in [0.2, 0.25) is 0 Å². The molecule has 0 bridgehead atoms. The summed E-state index contributed by atoms with van der Waals surface area (Å²) in [5, 5.41) is 4.41. The van der Waals surface area contributed by atoms with E-state index in [2.05, 4.69) is 114 Å². The molecule has 0 saturated carbocycles. The van der Waals surface area contributed by atoms with Crippen LogP contribution < -0.4 is 0 Å². The van der Waals surface area contributed by atoms with E-state index in [1.165, 1.54) is 26.0 Å². The van der Waals surface area contributed by atoms with E-state index >= 15 is 0 Å². The molecule has 0 N–H and O–H groups in total. The lowest BCUT2D eigenvalue weighted by atomic mass is 9.97. The van der Waals surface area contributed by atoms with Crippen molar-refractivity contribution < 1.29 is 19.1 Å². The summed E-state index contributed by atoms with van der Waals surface area (Å²) in [6, 6.07) is 11.9. The molecule has 2 aromatic carbocycles. The first-order valence-corrected chi connectivity index (χ1v) is 13.4. The van der Waals surface area contributed by atoms with Gasteiger partial charge in [-0.25, -0.2) is 4.79 Å². The number of benzene rings is 2. The maximum atomic E-state index is 12.3. The molecule has 31 heavy (non-hydrogen) atoms. The molecule has 9 heteroatoms. The van der Waals surface area contributed by atoms with E-state index in [0.717, 1.165) is 26.0 Å². The van der Waals surface area contributed by atoms with Crippen molar-refractivity contribution in [1.82, 2.24) is 0 Å². The van der Waals surface area contributed by atoms with Gasteiger partial charge in [0.1, 0.15) is 11.6 Å². The van der Waals surface area contributed by atoms with E-state index < -0.39 is 5.97 Å². The van der Waals surface area contributed by atoms with Crippen molar-refractivity contribution in [2.75, 3.05) is 14.2 Å². The maximum absolute atomic E-state index is 12.3. The number of hydrogen-bond acceptors (Lipinski definition) is 5. The summed E-state index contributed by atoms with van der Waals surface area (Å²) in [6.07, 6.45) is 1.39. The molecule has 0 spiro atoms. The highest BCUT2D eigenvalue weighted by Crippen LogP contribution is 2.48. The van der Waals surface area contributed by atoms with Crippen molar-refractivity contribution in [3.8, 4) is 0 Å². The van der Waals surface area contributed by atoms with Gasteiger partial charge in [-0.3, -0.25) is 0 Å². The number of hydrogen-bond donors (Lipinski definition) is 0. The maximum Gasteiger partial charge on any atom is 0.341 e. The van der Waals surface area contributed by atoms with E-state index in [4.69, 9.17) is 14.3 Å². The molecule has 0 amide bonds. The molecule has 0 atom stereocenters. The molecule has 0 fully saturated rings. The van der Waals surface area contributed by atoms with E-state index in [1.807, 2.05) is 32.0 Å². The first-order valence-electron chi connectivity index (χ1n) is 9.04. The highest BCUT2D eigenvalue weighted by molar-refractivity contribution is 14.3. The number of ether oxygens (including phenoxy) is 2. The third kappa shape index (κ3) is 7.16. The van der Waals surface area contributed by atoms with Crippen LogP contribution in [-0.4, -0.2) is 25.9 Å². The van der Waals surface area contributed by atoms with Gasteiger partial charge in [-0.05, 0) is 127 Å². The minimum atomic E-state index is -0.473. The normalized spacial score (nSPS) is 12.5. The van der Waals surface area contributed by atoms with Crippen LogP contribution in [-0.2, 0) is 25.1 Å². The van der Waals surface area contributed by atoms with Gasteiger partial charge in [-0.15, -0.1) is 0 Å². The lowest BCUT2D eigenvalue weighted by molar-refractivity contribution is -0.133. The number of carbonyl (C=O) groups excluding carboxylic acids is 1. The van der Waals surface area contributed by atoms with Crippen LogP contribution in [0, 0.1) is 10.5 Å². The molecule has 0 saturated heterocycles. The van der Waals surface area contributed by atoms with Crippen LogP contribution in [0.3, 0.4) is 0 Å². The summed E-state index contributed by atoms with van der Waals surface area (Å²) in [6.45, 7) is 4.12. The number of nitrogens with zero attached hydrogens (tertiary/aromatic N) is 1. The average Bonchev–Trinajstić information content (AvgIpc) is 2.71. The second-order valence-electron chi connectivity index (χ2n) is 6.47. The number of aryl methyl sites for hydroxylation is 1. The zero-order chi connectivity index (χ0) is 23.2. The molecular formula is C22H21I4NO4. The summed E-state index contributed by atoms with van der Waals surface area (Å²) in [5.74, 6) is -0.473. The Hall–Kier alpha value is -0.160. The summed E-state index contributed by atoms with van der Waals surface area (Å²) in [7, 11) is 2.84. The van der Waals surface area contributed by atoms with E-state index in [0.29, 0.717) is 11.1 Å². The molecule has 5 nitrogen and oxygen atoms in total. The molecular weight excluding hydrogens is 850 g/mol. The van der Waals surface area contributed by atoms with Crippen LogP contribution >= 0.6 is 90.4 Å². The molecule has 166 valence electrons. The topological polar surface area (TPSA) is 57.1 Å². The summed E-state index contributed by atoms with van der Waals surface area (Å²) >= 11 is 9.56. The predicted octanol–water partition coefficient (Wildman–Crippen LogP) is 7.12. The monoisotopic (exact) mass is 871 g/mol. The van der Waals surface area contributed by atoms with Crippen LogP contribution in [0.1, 0.15) is 34.7 Å². The van der Waals surface area contributed by atoms with E-state index in [1.54, 1.807) is 0 Å². The molecule has 0 heterocycles. The molecule has 2 rings (SSSR count). The molecule has 0 aromatic heterocycles. The Bertz CT molecular complexity index is 1010. The van der Waals surface area contributed by atoms with Gasteiger partial charge in [0.15, 0.2) is 0 Å². The number of carbonyl (C=O) groups is 1. The predicted molar refractivity (Wildman–Crippen MR) is 158 cm³/mol. The smallest absolute Gasteiger partial charge is 0.341 e. The number of rotatable bonds is 8. The molecule has 2 aromatic rings. The summed E-state index contributed by atoms with van der Waals surface area (Å²) in [5.41, 5.74) is 5.91. The highest BCUT2D eigenvalue weighted by atomic mass is 127. The van der Waals surface area contributed by atoms with Crippen molar-refractivity contribution in [3.63, 3.8) is 0 Å². The minimum absolute atomic E-state index is 0.107. The standard InChI is InChI=1S/C22H21I4NO4/c1-13-7-5-8-15(17(11-29-3)21(28)30-4)16(13)12-31-27-14(2)20-18(22(24,25)26)9-6-10-19(20)23/h5-11H,12H2,1-4H3/b17-11+,27-14+. The van der Waals surface area contributed by atoms with Gasteiger partial charge in [-0.1, -0.05) is 35.5 Å². The first kappa shape index (κ1) is 27.1. The van der Waals surface area contributed by atoms with Gasteiger partial charge in [0, 0.05) is 14.7 Å². The Morgan fingerprint density at radius 3 is 2.42 bits per heavy atom. The lowest BCUT2D eigenvalue weighted by Crippen LogP contribution is -2.11. The van der Waals surface area contributed by atoms with E-state index in [9.17, 15) is 4.79 Å². The number of alkyl halides is 3. The molecule has 0 unspecified atom stereocenters. The number of halogens is 4. The Morgan fingerprint density at radius 1 is 1.13 bits per heavy atom. The van der Waals surface area contributed by atoms with Gasteiger partial charge < -0.3 is 14.3 Å². The van der Waals surface area contributed by atoms with Crippen LogP contribution in [0.2, 0.25) is 0 Å². The van der Waals surface area contributed by atoms with Gasteiger partial charge in [-0.2, -0.15) is 0 Å². The highest BCUT2D eigenvalue weighted by Gasteiger charge is 2.26. The van der Waals surface area contributed by atoms with Gasteiger partial charge in [0.05, 0.1) is 26.2 Å². The lowest BCUT2D eigenvalue weighted by Gasteiger charge is -2.19. The van der Waals surface area contributed by atoms with Crippen LogP contribution in [0.25, 0.3) is 5.57 Å². The van der Waals surface area contributed by atoms with Gasteiger partial charge in [0.25, 0.3) is 0 Å². The Labute approximate surface area is 237 Å². The Balaban J connectivity index is 2.38. The molecule has 0 aliphatic rings. The van der Waals surface area contributed by atoms with Crippen molar-refractivity contribution in [1.29, 1.82) is 0 Å². The first-order chi connectivity index (χ1) is 14.6. The third-order valence-corrected chi connectivity index (χ3v) is 7.07. The second kappa shape index (κ2) is 12.3. The zero-order valence-corrected chi connectivity index (χ0v) is 26.0. The SMILES string of the molecule is CO/C=C(/C(=O)OC)c1cccc(C)c1CO/N=C(\C)c1c(I)cccc1C(I)(I)I. The summed E-state index contributed by atoms with van der Waals surface area (Å²) in [4.78, 5) is 18.0. The quantitative estimate of drug-likeness (QED) is 0.0540. The Morgan fingerprint density at radius 2 is 1.81 bits per heavy atom. The van der Waals surface area contributed by atoms with E-state index in [-0.39, 0.29) is 6.04 Å². The number of oxime groups is 1. The fourth-order valence-corrected chi connectivity index (χ4v) is 5.20. The molecule has 0 radical (unpaired) electrons. The van der Waals surface area contributed by atoms with Crippen molar-refractivity contribution in [2.24, 2.45) is 5.16 Å². The zero-order valence-electron chi connectivity index (χ0n) is 17.3. The number of methoxy groups -OCH3 is 2. The van der Waals surface area contributed by atoms with Crippen molar-refractivity contribution in [2.45, 2.75) is 19.9 Å². The van der Waals surface area contributed by atoms with Crippen LogP contribution in [0.4, 0.5) is 0 Å². The van der Waals surface area contributed by atoms with Crippen LogP contribution in [0.15, 0.2) is 47.8 Å². The summed E-state index contributed by atoms with van der Waals surface area (Å²) < 4.78 is 11.0. The van der Waals surface area contributed by atoms with Crippen LogP contribution in [0.5, 0.6) is 0 Å². The fourth-order valence-electron chi connectivity index (χ4n) is 2.96.